The first-order valence-corrected chi connectivity index (χ1v) is 7.53. The van der Waals surface area contributed by atoms with Crippen molar-refractivity contribution < 1.29 is 9.53 Å². The predicted octanol–water partition coefficient (Wildman–Crippen LogP) is 3.54. The molecule has 0 radical (unpaired) electrons. The van der Waals surface area contributed by atoms with Gasteiger partial charge in [0.05, 0.1) is 12.4 Å². The molecule has 0 spiro atoms. The van der Waals surface area contributed by atoms with E-state index in [2.05, 4.69) is 15.9 Å². The highest BCUT2D eigenvalue weighted by atomic mass is 79.9. The lowest BCUT2D eigenvalue weighted by molar-refractivity contribution is -0.124. The van der Waals surface area contributed by atoms with Crippen LogP contribution in [0.3, 0.4) is 0 Å². The zero-order valence-corrected chi connectivity index (χ0v) is 11.9. The highest BCUT2D eigenvalue weighted by Crippen LogP contribution is 2.28. The lowest BCUT2D eigenvalue weighted by Gasteiger charge is -2.20. The summed E-state index contributed by atoms with van der Waals surface area (Å²) in [6.45, 7) is 1.41. The van der Waals surface area contributed by atoms with Crippen molar-refractivity contribution in [2.75, 3.05) is 19.0 Å². The minimum absolute atomic E-state index is 0.110. The van der Waals surface area contributed by atoms with Crippen LogP contribution in [0, 0.1) is 5.92 Å². The minimum Gasteiger partial charge on any atom is -0.381 e. The van der Waals surface area contributed by atoms with Crippen LogP contribution in [0.1, 0.15) is 12.8 Å². The van der Waals surface area contributed by atoms with Gasteiger partial charge in [-0.2, -0.15) is 0 Å². The van der Waals surface area contributed by atoms with Gasteiger partial charge >= 0.3 is 0 Å². The molecule has 1 aliphatic rings. The quantitative estimate of drug-likeness (QED) is 0.795. The fraction of sp³-hybridized carbons (Fsp3) is 0.462. The lowest BCUT2D eigenvalue weighted by Crippen LogP contribution is -2.26. The molecule has 0 amide bonds. The zero-order chi connectivity index (χ0) is 12.1. The number of halogens is 1. The Morgan fingerprint density at radius 1 is 1.47 bits per heavy atom. The average Bonchev–Trinajstić information content (AvgIpc) is 2.38. The number of carbonyl (C=O) groups is 1. The third kappa shape index (κ3) is 3.83. The number of rotatable bonds is 4. The van der Waals surface area contributed by atoms with Crippen LogP contribution in [0.15, 0.2) is 33.6 Å². The summed E-state index contributed by atoms with van der Waals surface area (Å²) in [7, 11) is 0. The van der Waals surface area contributed by atoms with Gasteiger partial charge in [0.25, 0.3) is 0 Å². The number of ketones is 1. The Morgan fingerprint density at radius 3 is 3.00 bits per heavy atom. The first kappa shape index (κ1) is 13.1. The molecule has 17 heavy (non-hydrogen) atoms. The molecule has 0 saturated carbocycles. The monoisotopic (exact) mass is 314 g/mol. The van der Waals surface area contributed by atoms with Crippen LogP contribution in [0.2, 0.25) is 0 Å². The summed E-state index contributed by atoms with van der Waals surface area (Å²) in [5.41, 5.74) is 0. The van der Waals surface area contributed by atoms with Gasteiger partial charge in [-0.1, -0.05) is 12.1 Å². The van der Waals surface area contributed by atoms with Gasteiger partial charge in [0.15, 0.2) is 0 Å². The maximum Gasteiger partial charge on any atom is 0.148 e. The number of thioether (sulfide) groups is 1. The van der Waals surface area contributed by atoms with Gasteiger partial charge in [-0.25, -0.2) is 0 Å². The molecule has 0 N–H and O–H groups in total. The second-order valence-corrected chi connectivity index (χ2v) is 5.97. The number of ether oxygens (including phenoxy) is 1. The molecular weight excluding hydrogens is 300 g/mol. The predicted molar refractivity (Wildman–Crippen MR) is 73.4 cm³/mol. The summed E-state index contributed by atoms with van der Waals surface area (Å²) in [6.07, 6.45) is 1.99. The highest BCUT2D eigenvalue weighted by molar-refractivity contribution is 9.10. The van der Waals surface area contributed by atoms with Crippen LogP contribution in [0.25, 0.3) is 0 Å². The molecule has 0 bridgehead atoms. The van der Waals surface area contributed by atoms with Gasteiger partial charge in [-0.05, 0) is 40.9 Å². The molecule has 1 aromatic carbocycles. The molecule has 1 aromatic rings. The average molecular weight is 315 g/mol. The second-order valence-electron chi connectivity index (χ2n) is 4.10. The van der Waals surface area contributed by atoms with E-state index in [0.29, 0.717) is 18.1 Å². The van der Waals surface area contributed by atoms with Crippen molar-refractivity contribution in [2.45, 2.75) is 17.7 Å². The molecule has 2 nitrogen and oxygen atoms in total. The Bertz CT molecular complexity index is 389. The molecule has 1 fully saturated rings. The molecule has 1 atom stereocenters. The van der Waals surface area contributed by atoms with Gasteiger partial charge in [0, 0.05) is 21.9 Å². The summed E-state index contributed by atoms with van der Waals surface area (Å²) in [4.78, 5) is 13.1. The summed E-state index contributed by atoms with van der Waals surface area (Å²) < 4.78 is 6.39. The molecular formula is C13H15BrO2S. The Balaban J connectivity index is 1.85. The highest BCUT2D eigenvalue weighted by Gasteiger charge is 2.21. The number of hydrogen-bond donors (Lipinski definition) is 0. The number of carbonyl (C=O) groups excluding carboxylic acids is 1. The van der Waals surface area contributed by atoms with Crippen LogP contribution in [-0.2, 0) is 9.53 Å². The standard InChI is InChI=1S/C13H15BrO2S/c14-11-5-1-2-6-13(11)17-9-12(15)10-4-3-7-16-8-10/h1-2,5-6,10H,3-4,7-9H2. The van der Waals surface area contributed by atoms with Crippen LogP contribution in [0.4, 0.5) is 0 Å². The molecule has 1 heterocycles. The van der Waals surface area contributed by atoms with Crippen molar-refractivity contribution in [3.05, 3.63) is 28.7 Å². The topological polar surface area (TPSA) is 26.3 Å². The van der Waals surface area contributed by atoms with Crippen molar-refractivity contribution in [1.82, 2.24) is 0 Å². The second kappa shape index (κ2) is 6.57. The summed E-state index contributed by atoms with van der Waals surface area (Å²) in [6, 6.07) is 7.99. The SMILES string of the molecule is O=C(CSc1ccccc1Br)C1CCCOC1. The molecule has 4 heteroatoms. The summed E-state index contributed by atoms with van der Waals surface area (Å²) in [5, 5.41) is 0. The maximum absolute atomic E-state index is 12.0. The molecule has 1 saturated heterocycles. The van der Waals surface area contributed by atoms with Crippen LogP contribution < -0.4 is 0 Å². The van der Waals surface area contributed by atoms with Gasteiger partial charge in [0.2, 0.25) is 0 Å². The third-order valence-corrected chi connectivity index (χ3v) is 4.87. The van der Waals surface area contributed by atoms with E-state index in [1.54, 1.807) is 11.8 Å². The van der Waals surface area contributed by atoms with E-state index in [9.17, 15) is 4.79 Å². The molecule has 1 unspecified atom stereocenters. The van der Waals surface area contributed by atoms with Crippen molar-refractivity contribution in [2.24, 2.45) is 5.92 Å². The Labute approximate surface area is 114 Å². The number of hydrogen-bond acceptors (Lipinski definition) is 3. The maximum atomic E-state index is 12.0. The van der Waals surface area contributed by atoms with Gasteiger partial charge in [-0.3, -0.25) is 4.79 Å². The summed E-state index contributed by atoms with van der Waals surface area (Å²) >= 11 is 5.08. The van der Waals surface area contributed by atoms with Crippen molar-refractivity contribution in [3.63, 3.8) is 0 Å². The zero-order valence-electron chi connectivity index (χ0n) is 9.52. The van der Waals surface area contributed by atoms with Crippen molar-refractivity contribution in [1.29, 1.82) is 0 Å². The fourth-order valence-electron chi connectivity index (χ4n) is 1.82. The van der Waals surface area contributed by atoms with E-state index in [1.807, 2.05) is 24.3 Å². The number of benzene rings is 1. The van der Waals surface area contributed by atoms with Gasteiger partial charge < -0.3 is 4.74 Å². The van der Waals surface area contributed by atoms with Crippen LogP contribution >= 0.6 is 27.7 Å². The molecule has 0 aromatic heterocycles. The molecule has 92 valence electrons. The first-order chi connectivity index (χ1) is 8.27. The Morgan fingerprint density at radius 2 is 2.29 bits per heavy atom. The van der Waals surface area contributed by atoms with Gasteiger partial charge in [0.1, 0.15) is 5.78 Å². The van der Waals surface area contributed by atoms with E-state index in [1.165, 1.54) is 0 Å². The van der Waals surface area contributed by atoms with E-state index in [4.69, 9.17) is 4.74 Å². The molecule has 1 aliphatic heterocycles. The van der Waals surface area contributed by atoms with Crippen LogP contribution in [-0.4, -0.2) is 24.7 Å². The lowest BCUT2D eigenvalue weighted by atomic mass is 9.99. The third-order valence-electron chi connectivity index (χ3n) is 2.82. The normalized spacial score (nSPS) is 20.2. The number of Topliss-reactive ketones (excluding diaryl/α,β-unsaturated/α-hetero) is 1. The Hall–Kier alpha value is -0.320. The Kier molecular flexibility index (Phi) is 5.07. The van der Waals surface area contributed by atoms with E-state index >= 15 is 0 Å². The van der Waals surface area contributed by atoms with Crippen LogP contribution in [0.5, 0.6) is 0 Å². The van der Waals surface area contributed by atoms with E-state index in [0.717, 1.165) is 28.8 Å². The minimum atomic E-state index is 0.110. The molecule has 0 aliphatic carbocycles. The smallest absolute Gasteiger partial charge is 0.148 e. The summed E-state index contributed by atoms with van der Waals surface area (Å²) in [5.74, 6) is 0.959. The van der Waals surface area contributed by atoms with E-state index < -0.39 is 0 Å². The first-order valence-electron chi connectivity index (χ1n) is 5.75. The van der Waals surface area contributed by atoms with Gasteiger partial charge in [-0.15, -0.1) is 11.8 Å². The van der Waals surface area contributed by atoms with Crippen molar-refractivity contribution >= 4 is 33.5 Å². The molecule has 2 rings (SSSR count). The largest absolute Gasteiger partial charge is 0.381 e. The fourth-order valence-corrected chi connectivity index (χ4v) is 3.37. The van der Waals surface area contributed by atoms with E-state index in [-0.39, 0.29) is 5.92 Å². The van der Waals surface area contributed by atoms with Crippen molar-refractivity contribution in [3.8, 4) is 0 Å².